The predicted octanol–water partition coefficient (Wildman–Crippen LogP) is 4.11. The minimum Gasteiger partial charge on any atom is -0.494 e. The van der Waals surface area contributed by atoms with Crippen LogP contribution < -0.4 is 15.6 Å². The molecule has 0 amide bonds. The van der Waals surface area contributed by atoms with Crippen LogP contribution in [0.5, 0.6) is 5.75 Å². The molecular formula is C24H27N5O2. The predicted molar refractivity (Wildman–Crippen MR) is 122 cm³/mol. The highest BCUT2D eigenvalue weighted by atomic mass is 16.5. The van der Waals surface area contributed by atoms with Gasteiger partial charge in [0.1, 0.15) is 5.75 Å². The Kier molecular flexibility index (Phi) is 6.31. The van der Waals surface area contributed by atoms with Gasteiger partial charge >= 0.3 is 0 Å². The van der Waals surface area contributed by atoms with E-state index >= 15 is 0 Å². The van der Waals surface area contributed by atoms with Gasteiger partial charge in [0.05, 0.1) is 12.3 Å². The van der Waals surface area contributed by atoms with Gasteiger partial charge in [0.15, 0.2) is 0 Å². The van der Waals surface area contributed by atoms with Crippen molar-refractivity contribution in [1.82, 2.24) is 19.6 Å². The average Bonchev–Trinajstić information content (AvgIpc) is 3.20. The minimum absolute atomic E-state index is 0.125. The first-order chi connectivity index (χ1) is 15.1. The lowest BCUT2D eigenvalue weighted by Crippen LogP contribution is -2.22. The molecule has 2 aromatic heterocycles. The molecule has 0 atom stereocenters. The van der Waals surface area contributed by atoms with Crippen molar-refractivity contribution in [2.75, 3.05) is 11.9 Å². The van der Waals surface area contributed by atoms with Crippen molar-refractivity contribution >= 4 is 11.7 Å². The molecule has 0 unspecified atom stereocenters. The zero-order valence-electron chi connectivity index (χ0n) is 17.9. The minimum atomic E-state index is -0.125. The fourth-order valence-electron chi connectivity index (χ4n) is 3.36. The van der Waals surface area contributed by atoms with Gasteiger partial charge in [0.25, 0.3) is 11.3 Å². The van der Waals surface area contributed by atoms with Crippen LogP contribution in [0.3, 0.4) is 0 Å². The second kappa shape index (κ2) is 9.47. The Morgan fingerprint density at radius 1 is 1.03 bits per heavy atom. The maximum atomic E-state index is 13.0. The third-order valence-electron chi connectivity index (χ3n) is 5.17. The van der Waals surface area contributed by atoms with Crippen molar-refractivity contribution < 1.29 is 4.74 Å². The van der Waals surface area contributed by atoms with Crippen molar-refractivity contribution in [2.45, 2.75) is 39.7 Å². The molecule has 0 saturated heterocycles. The second-order valence-corrected chi connectivity index (χ2v) is 7.55. The SMILES string of the molecule is CCCCOc1ccc(CNc2nc3nc(C)c(Cc4ccccc4)c(=O)n3[nH]2)cc1. The Morgan fingerprint density at radius 3 is 2.55 bits per heavy atom. The highest BCUT2D eigenvalue weighted by Crippen LogP contribution is 2.14. The number of benzene rings is 2. The van der Waals surface area contributed by atoms with Crippen LogP contribution in [0.25, 0.3) is 5.78 Å². The molecule has 160 valence electrons. The average molecular weight is 418 g/mol. The fourth-order valence-corrected chi connectivity index (χ4v) is 3.36. The normalized spacial score (nSPS) is 11.0. The molecule has 2 aromatic carbocycles. The number of nitrogens with zero attached hydrogens (tertiary/aromatic N) is 3. The molecule has 31 heavy (non-hydrogen) atoms. The van der Waals surface area contributed by atoms with E-state index < -0.39 is 0 Å². The maximum Gasteiger partial charge on any atom is 0.277 e. The molecule has 0 fully saturated rings. The van der Waals surface area contributed by atoms with Gasteiger partial charge in [0, 0.05) is 18.5 Å². The summed E-state index contributed by atoms with van der Waals surface area (Å²) in [5, 5.41) is 6.26. The first kappa shape index (κ1) is 20.7. The van der Waals surface area contributed by atoms with E-state index in [1.165, 1.54) is 4.52 Å². The Morgan fingerprint density at radius 2 is 1.81 bits per heavy atom. The molecule has 0 saturated carbocycles. The third kappa shape index (κ3) is 4.94. The van der Waals surface area contributed by atoms with Crippen molar-refractivity contribution in [3.8, 4) is 5.75 Å². The van der Waals surface area contributed by atoms with Gasteiger partial charge in [-0.15, -0.1) is 0 Å². The molecule has 2 heterocycles. The summed E-state index contributed by atoms with van der Waals surface area (Å²) >= 11 is 0. The zero-order chi connectivity index (χ0) is 21.6. The first-order valence-corrected chi connectivity index (χ1v) is 10.6. The maximum absolute atomic E-state index is 13.0. The van der Waals surface area contributed by atoms with Gasteiger partial charge in [-0.3, -0.25) is 9.89 Å². The van der Waals surface area contributed by atoms with Crippen LogP contribution >= 0.6 is 0 Å². The van der Waals surface area contributed by atoms with Crippen LogP contribution in [-0.2, 0) is 13.0 Å². The van der Waals surface area contributed by atoms with Gasteiger partial charge < -0.3 is 10.1 Å². The topological polar surface area (TPSA) is 84.3 Å². The molecule has 4 rings (SSSR count). The number of rotatable bonds is 9. The molecule has 0 bridgehead atoms. The Hall–Kier alpha value is -3.61. The number of ether oxygens (including phenoxy) is 1. The van der Waals surface area contributed by atoms with Crippen molar-refractivity contribution in [1.29, 1.82) is 0 Å². The van der Waals surface area contributed by atoms with Crippen LogP contribution in [0.2, 0.25) is 0 Å². The summed E-state index contributed by atoms with van der Waals surface area (Å²) in [4.78, 5) is 21.9. The molecule has 0 radical (unpaired) electrons. The van der Waals surface area contributed by atoms with E-state index in [9.17, 15) is 4.79 Å². The number of nitrogens with one attached hydrogen (secondary N) is 2. The Labute approximate surface area is 181 Å². The number of hydrogen-bond acceptors (Lipinski definition) is 5. The van der Waals surface area contributed by atoms with Gasteiger partial charge in [-0.05, 0) is 36.6 Å². The lowest BCUT2D eigenvalue weighted by Gasteiger charge is -2.07. The standard InChI is InChI=1S/C24H27N5O2/c1-3-4-14-31-20-12-10-19(11-13-20)16-25-23-27-24-26-17(2)21(22(30)29(24)28-23)15-18-8-6-5-7-9-18/h5-13H,3-4,14-16H2,1-2H3,(H2,25,26,27,28). The fraction of sp³-hybridized carbons (Fsp3) is 0.292. The van der Waals surface area contributed by atoms with Crippen molar-refractivity contribution in [3.05, 3.63) is 87.3 Å². The molecular weight excluding hydrogens is 390 g/mol. The number of aromatic nitrogens is 4. The van der Waals surface area contributed by atoms with Crippen LogP contribution in [0, 0.1) is 6.92 Å². The summed E-state index contributed by atoms with van der Waals surface area (Å²) in [6, 6.07) is 17.9. The van der Waals surface area contributed by atoms with Crippen molar-refractivity contribution in [2.24, 2.45) is 0 Å². The van der Waals surface area contributed by atoms with Gasteiger partial charge in [-0.2, -0.15) is 9.50 Å². The monoisotopic (exact) mass is 417 g/mol. The summed E-state index contributed by atoms with van der Waals surface area (Å²) in [6.07, 6.45) is 2.70. The lowest BCUT2D eigenvalue weighted by atomic mass is 10.1. The van der Waals surface area contributed by atoms with E-state index in [1.807, 2.05) is 61.5 Å². The second-order valence-electron chi connectivity index (χ2n) is 7.55. The molecule has 4 aromatic rings. The van der Waals surface area contributed by atoms with Gasteiger partial charge in [-0.1, -0.05) is 55.8 Å². The highest BCUT2D eigenvalue weighted by molar-refractivity contribution is 5.41. The summed E-state index contributed by atoms with van der Waals surface area (Å²) < 4.78 is 7.10. The number of aryl methyl sites for hydroxylation is 1. The summed E-state index contributed by atoms with van der Waals surface area (Å²) in [5.74, 6) is 1.74. The van der Waals surface area contributed by atoms with Crippen LogP contribution in [0.4, 0.5) is 5.95 Å². The van der Waals surface area contributed by atoms with E-state index in [0.717, 1.165) is 36.3 Å². The van der Waals surface area contributed by atoms with E-state index in [-0.39, 0.29) is 5.56 Å². The third-order valence-corrected chi connectivity index (χ3v) is 5.17. The number of hydrogen-bond donors (Lipinski definition) is 2. The molecule has 0 aliphatic heterocycles. The highest BCUT2D eigenvalue weighted by Gasteiger charge is 2.13. The summed E-state index contributed by atoms with van der Waals surface area (Å²) in [7, 11) is 0. The quantitative estimate of drug-likeness (QED) is 0.401. The van der Waals surface area contributed by atoms with Crippen LogP contribution in [0.1, 0.15) is 42.1 Å². The number of fused-ring (bicyclic) bond motifs is 1. The molecule has 0 aliphatic carbocycles. The molecule has 7 nitrogen and oxygen atoms in total. The van der Waals surface area contributed by atoms with E-state index in [2.05, 4.69) is 27.3 Å². The molecule has 7 heteroatoms. The largest absolute Gasteiger partial charge is 0.494 e. The van der Waals surface area contributed by atoms with E-state index in [4.69, 9.17) is 4.74 Å². The molecule has 0 spiro atoms. The zero-order valence-corrected chi connectivity index (χ0v) is 17.9. The van der Waals surface area contributed by atoms with Crippen molar-refractivity contribution in [3.63, 3.8) is 0 Å². The smallest absolute Gasteiger partial charge is 0.277 e. The van der Waals surface area contributed by atoms with Crippen LogP contribution in [0.15, 0.2) is 59.4 Å². The Balaban J connectivity index is 1.47. The van der Waals surface area contributed by atoms with Crippen LogP contribution in [-0.4, -0.2) is 26.2 Å². The van der Waals surface area contributed by atoms with Gasteiger partial charge in [-0.25, -0.2) is 4.98 Å². The molecule has 2 N–H and O–H groups in total. The summed E-state index contributed by atoms with van der Waals surface area (Å²) in [6.45, 7) is 5.30. The number of H-pyrrole nitrogens is 1. The number of aromatic amines is 1. The first-order valence-electron chi connectivity index (χ1n) is 10.6. The molecule has 0 aliphatic rings. The lowest BCUT2D eigenvalue weighted by molar-refractivity contribution is 0.309. The Bertz CT molecular complexity index is 1200. The number of unbranched alkanes of at least 4 members (excludes halogenated alkanes) is 1. The number of anilines is 1. The van der Waals surface area contributed by atoms with E-state index in [0.29, 0.717) is 35.9 Å². The van der Waals surface area contributed by atoms with Gasteiger partial charge in [0.2, 0.25) is 5.95 Å². The van der Waals surface area contributed by atoms with E-state index in [1.54, 1.807) is 0 Å². The summed E-state index contributed by atoms with van der Waals surface area (Å²) in [5.41, 5.74) is 3.40.